The van der Waals surface area contributed by atoms with Gasteiger partial charge in [-0.1, -0.05) is 26.7 Å². The summed E-state index contributed by atoms with van der Waals surface area (Å²) < 4.78 is 5.42. The Hall–Kier alpha value is -1.14. The topological polar surface area (TPSA) is 53.1 Å². The highest BCUT2D eigenvalue weighted by Crippen LogP contribution is 2.32. The van der Waals surface area contributed by atoms with Crippen LogP contribution in [0.15, 0.2) is 0 Å². The van der Waals surface area contributed by atoms with Crippen LogP contribution < -0.4 is 0 Å². The zero-order valence-corrected chi connectivity index (χ0v) is 16.5. The van der Waals surface area contributed by atoms with Gasteiger partial charge < -0.3 is 14.5 Å². The minimum Gasteiger partial charge on any atom is -0.378 e. The Balaban J connectivity index is 1.62. The molecule has 1 unspecified atom stereocenters. The minimum absolute atomic E-state index is 0.00190. The molecule has 0 spiro atoms. The lowest BCUT2D eigenvalue weighted by molar-refractivity contribution is -0.145. The Morgan fingerprint density at radius 3 is 2.12 bits per heavy atom. The van der Waals surface area contributed by atoms with Crippen LogP contribution in [0.4, 0.5) is 0 Å². The van der Waals surface area contributed by atoms with Crippen molar-refractivity contribution in [1.29, 1.82) is 0 Å². The maximum absolute atomic E-state index is 13.3. The van der Waals surface area contributed by atoms with Gasteiger partial charge in [-0.3, -0.25) is 14.5 Å². The molecule has 3 fully saturated rings. The maximum Gasteiger partial charge on any atom is 0.240 e. The van der Waals surface area contributed by atoms with Crippen molar-refractivity contribution in [3.63, 3.8) is 0 Å². The highest BCUT2D eigenvalue weighted by Gasteiger charge is 2.39. The second-order valence-electron chi connectivity index (χ2n) is 8.44. The SMILES string of the molecule is CC(C)CC(=O)N1CCN(C(C(=O)N2CCOCC2)C2CCCC2)CC1. The molecule has 1 saturated carbocycles. The summed E-state index contributed by atoms with van der Waals surface area (Å²) in [5.74, 6) is 1.43. The first-order chi connectivity index (χ1) is 12.6. The number of piperazine rings is 1. The average molecular weight is 366 g/mol. The van der Waals surface area contributed by atoms with Crippen molar-refractivity contribution in [3.8, 4) is 0 Å². The Morgan fingerprint density at radius 1 is 0.923 bits per heavy atom. The summed E-state index contributed by atoms with van der Waals surface area (Å²) in [5.41, 5.74) is 0. The molecular formula is C20H35N3O3. The van der Waals surface area contributed by atoms with Crippen LogP contribution >= 0.6 is 0 Å². The first-order valence-electron chi connectivity index (χ1n) is 10.4. The molecule has 2 aliphatic heterocycles. The smallest absolute Gasteiger partial charge is 0.240 e. The highest BCUT2D eigenvalue weighted by atomic mass is 16.5. The maximum atomic E-state index is 13.3. The van der Waals surface area contributed by atoms with Gasteiger partial charge in [0.2, 0.25) is 11.8 Å². The van der Waals surface area contributed by atoms with Gasteiger partial charge in [-0.25, -0.2) is 0 Å². The Labute approximate surface area is 157 Å². The van der Waals surface area contributed by atoms with Crippen LogP contribution in [-0.4, -0.2) is 85.0 Å². The average Bonchev–Trinajstić information content (AvgIpc) is 3.17. The molecular weight excluding hydrogens is 330 g/mol. The van der Waals surface area contributed by atoms with Gasteiger partial charge in [-0.05, 0) is 24.7 Å². The van der Waals surface area contributed by atoms with E-state index in [2.05, 4.69) is 18.7 Å². The van der Waals surface area contributed by atoms with E-state index >= 15 is 0 Å². The summed E-state index contributed by atoms with van der Waals surface area (Å²) >= 11 is 0. The summed E-state index contributed by atoms with van der Waals surface area (Å²) in [6.45, 7) is 10.1. The van der Waals surface area contributed by atoms with Gasteiger partial charge in [-0.15, -0.1) is 0 Å². The van der Waals surface area contributed by atoms with Crippen LogP contribution in [-0.2, 0) is 14.3 Å². The third kappa shape index (κ3) is 4.77. The number of ether oxygens (including phenoxy) is 1. The predicted octanol–water partition coefficient (Wildman–Crippen LogP) is 1.59. The van der Waals surface area contributed by atoms with Crippen molar-refractivity contribution in [2.75, 3.05) is 52.5 Å². The molecule has 0 bridgehead atoms. The molecule has 0 aromatic rings. The molecule has 2 amide bonds. The number of carbonyl (C=O) groups excluding carboxylic acids is 2. The summed E-state index contributed by atoms with van der Waals surface area (Å²) in [7, 11) is 0. The first-order valence-corrected chi connectivity index (χ1v) is 10.4. The number of morpholine rings is 1. The molecule has 0 radical (unpaired) electrons. The van der Waals surface area contributed by atoms with Crippen LogP contribution in [0.5, 0.6) is 0 Å². The second-order valence-corrected chi connectivity index (χ2v) is 8.44. The van der Waals surface area contributed by atoms with Crippen molar-refractivity contribution in [2.45, 2.75) is 52.0 Å². The van der Waals surface area contributed by atoms with E-state index in [1.54, 1.807) is 0 Å². The molecule has 3 aliphatic rings. The molecule has 0 N–H and O–H groups in total. The molecule has 0 aromatic heterocycles. The van der Waals surface area contributed by atoms with Crippen LogP contribution in [0, 0.1) is 11.8 Å². The Kier molecular flexibility index (Phi) is 6.92. The van der Waals surface area contributed by atoms with E-state index in [0.29, 0.717) is 37.4 Å². The zero-order chi connectivity index (χ0) is 18.5. The molecule has 148 valence electrons. The molecule has 1 atom stereocenters. The van der Waals surface area contributed by atoms with Gasteiger partial charge in [0.25, 0.3) is 0 Å². The normalized spacial score (nSPS) is 24.3. The van der Waals surface area contributed by atoms with E-state index in [0.717, 1.165) is 52.1 Å². The third-order valence-electron chi connectivity index (χ3n) is 6.07. The van der Waals surface area contributed by atoms with Crippen LogP contribution in [0.2, 0.25) is 0 Å². The highest BCUT2D eigenvalue weighted by molar-refractivity contribution is 5.82. The molecule has 1 aliphatic carbocycles. The van der Waals surface area contributed by atoms with E-state index in [1.165, 1.54) is 12.8 Å². The summed E-state index contributed by atoms with van der Waals surface area (Å²) in [6.07, 6.45) is 5.42. The van der Waals surface area contributed by atoms with Crippen molar-refractivity contribution in [3.05, 3.63) is 0 Å². The number of nitrogens with zero attached hydrogens (tertiary/aromatic N) is 3. The van der Waals surface area contributed by atoms with E-state index in [1.807, 2.05) is 9.80 Å². The van der Waals surface area contributed by atoms with Gasteiger partial charge in [0.15, 0.2) is 0 Å². The zero-order valence-electron chi connectivity index (χ0n) is 16.5. The second kappa shape index (κ2) is 9.18. The minimum atomic E-state index is -0.00190. The summed E-state index contributed by atoms with van der Waals surface area (Å²) in [5, 5.41) is 0. The molecule has 26 heavy (non-hydrogen) atoms. The Morgan fingerprint density at radius 2 is 1.54 bits per heavy atom. The molecule has 0 aromatic carbocycles. The number of amides is 2. The first kappa shape index (κ1) is 19.6. The summed E-state index contributed by atoms with van der Waals surface area (Å²) in [6, 6.07) is -0.00190. The van der Waals surface area contributed by atoms with Crippen LogP contribution in [0.1, 0.15) is 46.0 Å². The molecule has 6 heteroatoms. The Bertz CT molecular complexity index is 477. The van der Waals surface area contributed by atoms with Gasteiger partial charge in [0.1, 0.15) is 0 Å². The van der Waals surface area contributed by atoms with Gasteiger partial charge in [0, 0.05) is 45.7 Å². The quantitative estimate of drug-likeness (QED) is 0.743. The fraction of sp³-hybridized carbons (Fsp3) is 0.900. The van der Waals surface area contributed by atoms with Crippen LogP contribution in [0.3, 0.4) is 0 Å². The number of hydrogen-bond donors (Lipinski definition) is 0. The van der Waals surface area contributed by atoms with E-state index in [4.69, 9.17) is 4.74 Å². The van der Waals surface area contributed by atoms with Crippen molar-refractivity contribution in [1.82, 2.24) is 14.7 Å². The lowest BCUT2D eigenvalue weighted by Gasteiger charge is -2.43. The lowest BCUT2D eigenvalue weighted by atomic mass is 9.94. The molecule has 2 heterocycles. The van der Waals surface area contributed by atoms with E-state index in [9.17, 15) is 9.59 Å². The van der Waals surface area contributed by atoms with Crippen molar-refractivity contribution in [2.24, 2.45) is 11.8 Å². The van der Waals surface area contributed by atoms with E-state index < -0.39 is 0 Å². The fourth-order valence-corrected chi connectivity index (χ4v) is 4.63. The summed E-state index contributed by atoms with van der Waals surface area (Å²) in [4.78, 5) is 32.0. The van der Waals surface area contributed by atoms with Crippen molar-refractivity contribution < 1.29 is 14.3 Å². The number of hydrogen-bond acceptors (Lipinski definition) is 4. The lowest BCUT2D eigenvalue weighted by Crippen LogP contribution is -2.59. The largest absolute Gasteiger partial charge is 0.378 e. The fourth-order valence-electron chi connectivity index (χ4n) is 4.63. The molecule has 2 saturated heterocycles. The van der Waals surface area contributed by atoms with Crippen molar-refractivity contribution >= 4 is 11.8 Å². The standard InChI is InChI=1S/C20H35N3O3/c1-16(2)15-18(24)21-7-9-22(10-8-21)19(17-5-3-4-6-17)20(25)23-11-13-26-14-12-23/h16-17,19H,3-15H2,1-2H3. The van der Waals surface area contributed by atoms with Gasteiger partial charge in [-0.2, -0.15) is 0 Å². The third-order valence-corrected chi connectivity index (χ3v) is 6.07. The van der Waals surface area contributed by atoms with E-state index in [-0.39, 0.29) is 11.9 Å². The number of rotatable bonds is 5. The molecule has 3 rings (SSSR count). The van der Waals surface area contributed by atoms with Gasteiger partial charge in [0.05, 0.1) is 19.3 Å². The van der Waals surface area contributed by atoms with Gasteiger partial charge >= 0.3 is 0 Å². The monoisotopic (exact) mass is 365 g/mol. The van der Waals surface area contributed by atoms with Crippen LogP contribution in [0.25, 0.3) is 0 Å². The number of carbonyl (C=O) groups is 2. The molecule has 6 nitrogen and oxygen atoms in total. The predicted molar refractivity (Wildman–Crippen MR) is 101 cm³/mol.